The third-order valence-corrected chi connectivity index (χ3v) is 5.97. The molecule has 1 fully saturated rings. The molecule has 3 aromatic heterocycles. The SMILES string of the molecule is COc1ncc(-c2cc(N3C[C@H](Oc4ccc(C#N)c(OC(F)(F)F)c4)C(F)(F)C3)c3ncc(F)n3n2)c(OC)n1. The zero-order chi connectivity index (χ0) is 29.5. The number of ether oxygens (including phenoxy) is 4. The third kappa shape index (κ3) is 5.40. The average molecular weight is 581 g/mol. The van der Waals surface area contributed by atoms with Crippen molar-refractivity contribution < 1.29 is 45.3 Å². The summed E-state index contributed by atoms with van der Waals surface area (Å²) in [4.78, 5) is 13.2. The molecule has 214 valence electrons. The largest absolute Gasteiger partial charge is 0.573 e. The smallest absolute Gasteiger partial charge is 0.482 e. The Kier molecular flexibility index (Phi) is 6.85. The van der Waals surface area contributed by atoms with Crippen LogP contribution in [0.5, 0.6) is 23.4 Å². The van der Waals surface area contributed by atoms with Gasteiger partial charge in [0.15, 0.2) is 17.5 Å². The normalized spacial score (nSPS) is 16.5. The van der Waals surface area contributed by atoms with Gasteiger partial charge in [-0.05, 0) is 18.2 Å². The molecule has 0 bridgehead atoms. The summed E-state index contributed by atoms with van der Waals surface area (Å²) in [6, 6.07) is 5.60. The first-order valence-electron chi connectivity index (χ1n) is 11.5. The maximum Gasteiger partial charge on any atom is 0.573 e. The van der Waals surface area contributed by atoms with Crippen LogP contribution in [0.3, 0.4) is 0 Å². The molecule has 17 heteroatoms. The van der Waals surface area contributed by atoms with Gasteiger partial charge in [0.1, 0.15) is 17.5 Å². The van der Waals surface area contributed by atoms with E-state index in [4.69, 9.17) is 19.5 Å². The van der Waals surface area contributed by atoms with E-state index in [2.05, 4.69) is 24.8 Å². The fourth-order valence-electron chi connectivity index (χ4n) is 4.17. The van der Waals surface area contributed by atoms with Crippen LogP contribution in [-0.4, -0.2) is 70.3 Å². The molecule has 1 saturated heterocycles. The maximum absolute atomic E-state index is 15.2. The lowest BCUT2D eigenvalue weighted by Crippen LogP contribution is -2.36. The lowest BCUT2D eigenvalue weighted by atomic mass is 10.2. The van der Waals surface area contributed by atoms with Crippen molar-refractivity contribution in [2.24, 2.45) is 0 Å². The Balaban J connectivity index is 1.50. The number of alkyl halides is 5. The highest BCUT2D eigenvalue weighted by atomic mass is 19.4. The molecule has 4 heterocycles. The Morgan fingerprint density at radius 1 is 1.10 bits per heavy atom. The average Bonchev–Trinajstić information content (AvgIpc) is 3.45. The Morgan fingerprint density at radius 3 is 2.56 bits per heavy atom. The number of hydrogen-bond donors (Lipinski definition) is 0. The van der Waals surface area contributed by atoms with E-state index in [1.165, 1.54) is 37.5 Å². The summed E-state index contributed by atoms with van der Waals surface area (Å²) in [5, 5.41) is 13.2. The minimum atomic E-state index is -5.13. The molecule has 0 radical (unpaired) electrons. The van der Waals surface area contributed by atoms with Gasteiger partial charge < -0.3 is 23.8 Å². The van der Waals surface area contributed by atoms with Crippen LogP contribution in [0, 0.1) is 17.3 Å². The molecular weight excluding hydrogens is 564 g/mol. The van der Waals surface area contributed by atoms with Crippen molar-refractivity contribution in [3.8, 4) is 40.7 Å². The van der Waals surface area contributed by atoms with E-state index in [9.17, 15) is 17.6 Å². The van der Waals surface area contributed by atoms with Crippen molar-refractivity contribution in [2.75, 3.05) is 32.2 Å². The van der Waals surface area contributed by atoms with Crippen LogP contribution in [-0.2, 0) is 0 Å². The van der Waals surface area contributed by atoms with Gasteiger partial charge >= 0.3 is 18.3 Å². The van der Waals surface area contributed by atoms with Gasteiger partial charge in [-0.25, -0.2) is 18.7 Å². The quantitative estimate of drug-likeness (QED) is 0.296. The van der Waals surface area contributed by atoms with Crippen LogP contribution in [0.2, 0.25) is 0 Å². The minimum absolute atomic E-state index is 0.0147. The molecule has 0 saturated carbocycles. The first-order valence-corrected chi connectivity index (χ1v) is 11.5. The Hall–Kier alpha value is -5.01. The molecule has 4 aromatic rings. The summed E-state index contributed by atoms with van der Waals surface area (Å²) in [6.07, 6.45) is -4.82. The number of nitrogens with zero attached hydrogens (tertiary/aromatic N) is 7. The van der Waals surface area contributed by atoms with E-state index in [0.29, 0.717) is 6.07 Å². The van der Waals surface area contributed by atoms with Gasteiger partial charge in [0, 0.05) is 12.3 Å². The van der Waals surface area contributed by atoms with Crippen LogP contribution >= 0.6 is 0 Å². The highest BCUT2D eigenvalue weighted by Gasteiger charge is 2.51. The monoisotopic (exact) mass is 581 g/mol. The third-order valence-electron chi connectivity index (χ3n) is 5.97. The predicted molar refractivity (Wildman–Crippen MR) is 126 cm³/mol. The molecule has 0 amide bonds. The van der Waals surface area contributed by atoms with Crippen molar-refractivity contribution >= 4 is 11.3 Å². The number of aromatic nitrogens is 5. The van der Waals surface area contributed by atoms with E-state index < -0.39 is 48.7 Å². The number of nitriles is 1. The fraction of sp³-hybridized carbons (Fsp3) is 0.292. The van der Waals surface area contributed by atoms with Crippen molar-refractivity contribution in [3.05, 3.63) is 48.2 Å². The number of methoxy groups -OCH3 is 2. The van der Waals surface area contributed by atoms with Gasteiger partial charge in [-0.2, -0.15) is 24.3 Å². The predicted octanol–water partition coefficient (Wildman–Crippen LogP) is 4.02. The lowest BCUT2D eigenvalue weighted by molar-refractivity contribution is -0.274. The second-order valence-corrected chi connectivity index (χ2v) is 8.58. The number of fused-ring (bicyclic) bond motifs is 1. The van der Waals surface area contributed by atoms with Crippen LogP contribution in [0.15, 0.2) is 36.7 Å². The number of rotatable bonds is 7. The summed E-state index contributed by atoms with van der Waals surface area (Å²) in [5.74, 6) is -5.68. The van der Waals surface area contributed by atoms with Gasteiger partial charge in [-0.1, -0.05) is 0 Å². The summed E-state index contributed by atoms with van der Waals surface area (Å²) < 4.78 is 103. The zero-order valence-corrected chi connectivity index (χ0v) is 21.0. The van der Waals surface area contributed by atoms with Gasteiger partial charge in [0.2, 0.25) is 11.8 Å². The lowest BCUT2D eigenvalue weighted by Gasteiger charge is -2.20. The first-order chi connectivity index (χ1) is 19.4. The number of imidazole rings is 1. The molecule has 11 nitrogen and oxygen atoms in total. The van der Waals surface area contributed by atoms with Crippen molar-refractivity contribution in [2.45, 2.75) is 18.4 Å². The van der Waals surface area contributed by atoms with E-state index in [0.717, 1.165) is 22.8 Å². The fourth-order valence-corrected chi connectivity index (χ4v) is 4.17. The topological polar surface area (TPSA) is 120 Å². The second-order valence-electron chi connectivity index (χ2n) is 8.58. The molecule has 1 atom stereocenters. The summed E-state index contributed by atoms with van der Waals surface area (Å²) in [6.45, 7) is -1.39. The Labute approximate surface area is 226 Å². The standard InChI is InChI=1S/C24H17F6N7O4/c1-38-21-14(8-33-22(34-21)39-2)15-6-16(20-32-9-19(25)37(20)35-15)36-10-18(23(26,27)11-36)40-13-4-3-12(7-31)17(5-13)41-24(28,29)30/h3-6,8-9,18H,10-11H2,1-2H3/t18-/m0/s1. The maximum atomic E-state index is 15.2. The van der Waals surface area contributed by atoms with Crippen molar-refractivity contribution in [1.82, 2.24) is 24.6 Å². The van der Waals surface area contributed by atoms with Crippen LogP contribution < -0.4 is 23.8 Å². The molecule has 1 aliphatic rings. The molecule has 0 N–H and O–H groups in total. The van der Waals surface area contributed by atoms with E-state index >= 15 is 8.78 Å². The molecule has 0 spiro atoms. The van der Waals surface area contributed by atoms with Gasteiger partial charge in [0.05, 0.1) is 50.3 Å². The number of benzene rings is 1. The molecule has 0 unspecified atom stereocenters. The van der Waals surface area contributed by atoms with Crippen LogP contribution in [0.4, 0.5) is 32.0 Å². The van der Waals surface area contributed by atoms with E-state index in [-0.39, 0.29) is 40.2 Å². The minimum Gasteiger partial charge on any atom is -0.482 e. The summed E-state index contributed by atoms with van der Waals surface area (Å²) in [7, 11) is 2.66. The number of halogens is 6. The molecule has 41 heavy (non-hydrogen) atoms. The van der Waals surface area contributed by atoms with Crippen LogP contribution in [0.25, 0.3) is 16.9 Å². The van der Waals surface area contributed by atoms with E-state index in [1.807, 2.05) is 0 Å². The highest BCUT2D eigenvalue weighted by Crippen LogP contribution is 2.39. The molecule has 1 aromatic carbocycles. The highest BCUT2D eigenvalue weighted by molar-refractivity contribution is 5.76. The van der Waals surface area contributed by atoms with Gasteiger partial charge in [-0.15, -0.1) is 13.2 Å². The molecule has 1 aliphatic heterocycles. The number of anilines is 1. The summed E-state index contributed by atoms with van der Waals surface area (Å²) in [5.41, 5.74) is -0.269. The first kappa shape index (κ1) is 27.6. The Morgan fingerprint density at radius 2 is 1.88 bits per heavy atom. The summed E-state index contributed by atoms with van der Waals surface area (Å²) >= 11 is 0. The molecular formula is C24H17F6N7O4. The zero-order valence-electron chi connectivity index (χ0n) is 21.0. The van der Waals surface area contributed by atoms with Crippen LogP contribution in [0.1, 0.15) is 5.56 Å². The molecule has 0 aliphatic carbocycles. The molecule has 5 rings (SSSR count). The van der Waals surface area contributed by atoms with Gasteiger partial charge in [-0.3, -0.25) is 0 Å². The Bertz CT molecular complexity index is 1660. The number of hydrogen-bond acceptors (Lipinski definition) is 10. The van der Waals surface area contributed by atoms with Crippen molar-refractivity contribution in [1.29, 1.82) is 5.26 Å². The van der Waals surface area contributed by atoms with Gasteiger partial charge in [0.25, 0.3) is 0 Å². The second kappa shape index (κ2) is 10.2. The van der Waals surface area contributed by atoms with E-state index in [1.54, 1.807) is 0 Å². The van der Waals surface area contributed by atoms with Crippen molar-refractivity contribution in [3.63, 3.8) is 0 Å².